The molecule has 2 N–H and O–H groups in total. The molecule has 0 unspecified atom stereocenters. The lowest BCUT2D eigenvalue weighted by atomic mass is 10.2. The molecule has 1 saturated heterocycles. The molecule has 0 saturated carbocycles. The Morgan fingerprint density at radius 1 is 1.36 bits per heavy atom. The first kappa shape index (κ1) is 17.3. The Labute approximate surface area is 144 Å². The number of likely N-dealkylation sites (tertiary alicyclic amines) is 1. The van der Waals surface area contributed by atoms with Crippen molar-refractivity contribution in [2.24, 2.45) is 0 Å². The van der Waals surface area contributed by atoms with Gasteiger partial charge in [-0.1, -0.05) is 0 Å². The molecule has 1 fully saturated rings. The molecule has 2 heterocycles. The molecule has 0 spiro atoms. The fraction of sp³-hybridized carbons (Fsp3) is 0.438. The average molecular weight is 349 g/mol. The van der Waals surface area contributed by atoms with Gasteiger partial charge in [-0.2, -0.15) is 5.10 Å². The summed E-state index contributed by atoms with van der Waals surface area (Å²) in [6, 6.07) is 3.33. The Morgan fingerprint density at radius 2 is 2.12 bits per heavy atom. The van der Waals surface area contributed by atoms with E-state index in [0.717, 1.165) is 25.2 Å². The van der Waals surface area contributed by atoms with Crippen molar-refractivity contribution in [1.82, 2.24) is 14.7 Å². The van der Waals surface area contributed by atoms with E-state index in [2.05, 4.69) is 15.3 Å². The summed E-state index contributed by atoms with van der Waals surface area (Å²) < 4.78 is 14.8. The molecule has 1 aromatic heterocycles. The third-order valence-corrected chi connectivity index (χ3v) is 4.13. The fourth-order valence-corrected chi connectivity index (χ4v) is 2.98. The minimum atomic E-state index is -0.669. The van der Waals surface area contributed by atoms with Gasteiger partial charge in [-0.15, -0.1) is 0 Å². The number of rotatable bonds is 7. The zero-order chi connectivity index (χ0) is 17.8. The van der Waals surface area contributed by atoms with E-state index in [4.69, 9.17) is 0 Å². The number of β-amino-alcohol motifs (C(OH)–C–C–N with tert-alkyl or cyclic N) is 1. The van der Waals surface area contributed by atoms with E-state index in [1.807, 2.05) is 0 Å². The van der Waals surface area contributed by atoms with Crippen molar-refractivity contribution in [3.8, 4) is 0 Å². The lowest BCUT2D eigenvalue weighted by Gasteiger charge is -2.19. The maximum atomic E-state index is 13.2. The molecule has 3 rings (SSSR count). The Bertz CT molecular complexity index is 745. The second-order valence-corrected chi connectivity index (χ2v) is 6.16. The standard InChI is InChI=1S/C16H20FN5O3/c17-12-3-4-15(16(7-12)22(24)25)19-13-8-18-21(9-13)11-14(23)10-20-5-1-2-6-20/h3-4,7-9,14,19,23H,1-2,5-6,10-11H2/t14-/m0/s1. The Hall–Kier alpha value is -2.52. The maximum absolute atomic E-state index is 13.2. The van der Waals surface area contributed by atoms with E-state index >= 15 is 0 Å². The number of nitrogens with one attached hydrogen (secondary N) is 1. The number of nitrogens with zero attached hydrogens (tertiary/aromatic N) is 4. The normalized spacial score (nSPS) is 16.1. The molecule has 0 radical (unpaired) electrons. The molecule has 1 atom stereocenters. The third kappa shape index (κ3) is 4.52. The molecular weight excluding hydrogens is 329 g/mol. The van der Waals surface area contributed by atoms with Gasteiger partial charge in [0.1, 0.15) is 11.5 Å². The highest BCUT2D eigenvalue weighted by Gasteiger charge is 2.18. The zero-order valence-corrected chi connectivity index (χ0v) is 13.6. The second kappa shape index (κ2) is 7.58. The molecule has 0 amide bonds. The minimum absolute atomic E-state index is 0.184. The van der Waals surface area contributed by atoms with Crippen LogP contribution >= 0.6 is 0 Å². The highest BCUT2D eigenvalue weighted by molar-refractivity contribution is 5.68. The molecule has 0 aliphatic carbocycles. The van der Waals surface area contributed by atoms with Crippen molar-refractivity contribution in [3.63, 3.8) is 0 Å². The number of aliphatic hydroxyl groups is 1. The van der Waals surface area contributed by atoms with Crippen LogP contribution < -0.4 is 5.32 Å². The van der Waals surface area contributed by atoms with Crippen LogP contribution in [0, 0.1) is 15.9 Å². The van der Waals surface area contributed by atoms with E-state index < -0.39 is 16.8 Å². The van der Waals surface area contributed by atoms with Crippen molar-refractivity contribution in [3.05, 3.63) is 46.5 Å². The van der Waals surface area contributed by atoms with Crippen LogP contribution in [-0.4, -0.2) is 50.4 Å². The minimum Gasteiger partial charge on any atom is -0.390 e. The maximum Gasteiger partial charge on any atom is 0.295 e. The van der Waals surface area contributed by atoms with Crippen molar-refractivity contribution in [2.75, 3.05) is 25.0 Å². The molecule has 1 aliphatic rings. The van der Waals surface area contributed by atoms with E-state index in [9.17, 15) is 19.6 Å². The van der Waals surface area contributed by atoms with Gasteiger partial charge in [0.2, 0.25) is 0 Å². The SMILES string of the molecule is O=[N+]([O-])c1cc(F)ccc1Nc1cnn(C[C@@H](O)CN2CCCC2)c1. The van der Waals surface area contributed by atoms with Crippen LogP contribution in [0.15, 0.2) is 30.6 Å². The number of nitro groups is 1. The molecular formula is C16H20FN5O3. The number of halogens is 1. The molecule has 134 valence electrons. The van der Waals surface area contributed by atoms with E-state index in [1.165, 1.54) is 25.1 Å². The number of aromatic nitrogens is 2. The summed E-state index contributed by atoms with van der Waals surface area (Å²) in [5.74, 6) is -0.669. The van der Waals surface area contributed by atoms with Gasteiger partial charge in [0, 0.05) is 12.7 Å². The number of anilines is 2. The van der Waals surface area contributed by atoms with Crippen LogP contribution in [-0.2, 0) is 6.54 Å². The third-order valence-electron chi connectivity index (χ3n) is 4.13. The molecule has 8 nitrogen and oxygen atoms in total. The topological polar surface area (TPSA) is 96.5 Å². The quantitative estimate of drug-likeness (QED) is 0.587. The summed E-state index contributed by atoms with van der Waals surface area (Å²) in [5.41, 5.74) is 0.369. The predicted octanol–water partition coefficient (Wildman–Crippen LogP) is 2.13. The fourth-order valence-electron chi connectivity index (χ4n) is 2.98. The van der Waals surface area contributed by atoms with E-state index in [1.54, 1.807) is 10.9 Å². The molecule has 9 heteroatoms. The highest BCUT2D eigenvalue weighted by Crippen LogP contribution is 2.28. The molecule has 1 aliphatic heterocycles. The van der Waals surface area contributed by atoms with Crippen LogP contribution in [0.25, 0.3) is 0 Å². The summed E-state index contributed by atoms with van der Waals surface area (Å²) in [7, 11) is 0. The van der Waals surface area contributed by atoms with Gasteiger partial charge in [0.05, 0.1) is 35.5 Å². The molecule has 0 bridgehead atoms. The van der Waals surface area contributed by atoms with Gasteiger partial charge in [0.15, 0.2) is 0 Å². The first-order valence-electron chi connectivity index (χ1n) is 8.15. The van der Waals surface area contributed by atoms with Gasteiger partial charge < -0.3 is 15.3 Å². The van der Waals surface area contributed by atoms with Gasteiger partial charge in [-0.25, -0.2) is 4.39 Å². The number of aliphatic hydroxyl groups excluding tert-OH is 1. The first-order valence-corrected chi connectivity index (χ1v) is 8.15. The average Bonchev–Trinajstić information content (AvgIpc) is 3.21. The Morgan fingerprint density at radius 3 is 2.84 bits per heavy atom. The largest absolute Gasteiger partial charge is 0.390 e. The Balaban J connectivity index is 1.62. The summed E-state index contributed by atoms with van der Waals surface area (Å²) >= 11 is 0. The Kier molecular flexibility index (Phi) is 5.25. The summed E-state index contributed by atoms with van der Waals surface area (Å²) in [6.07, 6.45) is 4.96. The van der Waals surface area contributed by atoms with E-state index in [0.29, 0.717) is 18.8 Å². The van der Waals surface area contributed by atoms with Gasteiger partial charge >= 0.3 is 0 Å². The van der Waals surface area contributed by atoms with Crippen LogP contribution in [0.5, 0.6) is 0 Å². The second-order valence-electron chi connectivity index (χ2n) is 6.16. The van der Waals surface area contributed by atoms with Crippen molar-refractivity contribution in [2.45, 2.75) is 25.5 Å². The van der Waals surface area contributed by atoms with Crippen LogP contribution in [0.3, 0.4) is 0 Å². The van der Waals surface area contributed by atoms with Gasteiger partial charge in [-0.05, 0) is 38.1 Å². The number of benzene rings is 1. The number of nitro benzene ring substituents is 1. The van der Waals surface area contributed by atoms with Crippen molar-refractivity contribution < 1.29 is 14.4 Å². The lowest BCUT2D eigenvalue weighted by Crippen LogP contribution is -2.32. The van der Waals surface area contributed by atoms with Crippen LogP contribution in [0.1, 0.15) is 12.8 Å². The lowest BCUT2D eigenvalue weighted by molar-refractivity contribution is -0.384. The monoisotopic (exact) mass is 349 g/mol. The molecule has 2 aromatic rings. The van der Waals surface area contributed by atoms with Crippen LogP contribution in [0.2, 0.25) is 0 Å². The smallest absolute Gasteiger partial charge is 0.295 e. The molecule has 25 heavy (non-hydrogen) atoms. The summed E-state index contributed by atoms with van der Waals surface area (Å²) in [5, 5.41) is 28.2. The van der Waals surface area contributed by atoms with E-state index in [-0.39, 0.29) is 11.4 Å². The van der Waals surface area contributed by atoms with Gasteiger partial charge in [-0.3, -0.25) is 14.8 Å². The van der Waals surface area contributed by atoms with Crippen molar-refractivity contribution in [1.29, 1.82) is 0 Å². The summed E-state index contributed by atoms with van der Waals surface area (Å²) in [4.78, 5) is 12.6. The molecule has 1 aromatic carbocycles. The van der Waals surface area contributed by atoms with Gasteiger partial charge in [0.25, 0.3) is 5.69 Å². The number of hydrogen-bond donors (Lipinski definition) is 2. The first-order chi connectivity index (χ1) is 12.0. The highest BCUT2D eigenvalue weighted by atomic mass is 19.1. The van der Waals surface area contributed by atoms with Crippen molar-refractivity contribution >= 4 is 17.1 Å². The van der Waals surface area contributed by atoms with Crippen LogP contribution in [0.4, 0.5) is 21.5 Å². The number of hydrogen-bond acceptors (Lipinski definition) is 6. The predicted molar refractivity (Wildman–Crippen MR) is 90.2 cm³/mol. The summed E-state index contributed by atoms with van der Waals surface area (Å²) in [6.45, 7) is 2.96. The zero-order valence-electron chi connectivity index (χ0n) is 13.6.